The summed E-state index contributed by atoms with van der Waals surface area (Å²) < 4.78 is 9.41. The van der Waals surface area contributed by atoms with Gasteiger partial charge in [0.25, 0.3) is 0 Å². The minimum atomic E-state index is -0.434. The molecule has 2 N–H and O–H groups in total. The zero-order valence-corrected chi connectivity index (χ0v) is 10.5. The number of ether oxygens (including phenoxy) is 2. The minimum Gasteiger partial charge on any atom is -0.466 e. The number of carbonyl (C=O) groups excluding carboxylic acids is 2. The highest BCUT2D eigenvalue weighted by Crippen LogP contribution is 2.15. The lowest BCUT2D eigenvalue weighted by Crippen LogP contribution is -2.17. The van der Waals surface area contributed by atoms with E-state index in [1.54, 1.807) is 31.2 Å². The third-order valence-corrected chi connectivity index (χ3v) is 2.45. The van der Waals surface area contributed by atoms with E-state index in [4.69, 9.17) is 10.5 Å². The molecule has 98 valence electrons. The number of hydrogen-bond donors (Lipinski definition) is 1. The highest BCUT2D eigenvalue weighted by atomic mass is 16.5. The summed E-state index contributed by atoms with van der Waals surface area (Å²) in [6.45, 7) is 2.08. The minimum absolute atomic E-state index is 0.116. The maximum atomic E-state index is 11.3. The predicted molar refractivity (Wildman–Crippen MR) is 66.0 cm³/mol. The molecule has 0 amide bonds. The molecule has 1 aromatic carbocycles. The average Bonchev–Trinajstić information content (AvgIpc) is 2.38. The Morgan fingerprint density at radius 2 is 1.89 bits per heavy atom. The standard InChI is InChI=1S/C13H17NO4/c1-3-18-12(15)8-11(14)9-4-6-10(7-5-9)13(16)17-2/h4-7,11H,3,8,14H2,1-2H3/t11-/m0/s1. The molecule has 0 radical (unpaired) electrons. The van der Waals surface area contributed by atoms with Crippen LogP contribution in [0.3, 0.4) is 0 Å². The van der Waals surface area contributed by atoms with Gasteiger partial charge in [-0.2, -0.15) is 0 Å². The van der Waals surface area contributed by atoms with E-state index in [2.05, 4.69) is 4.74 Å². The number of methoxy groups -OCH3 is 1. The van der Waals surface area contributed by atoms with Gasteiger partial charge in [0, 0.05) is 6.04 Å². The quantitative estimate of drug-likeness (QED) is 0.801. The fourth-order valence-electron chi connectivity index (χ4n) is 1.50. The smallest absolute Gasteiger partial charge is 0.337 e. The topological polar surface area (TPSA) is 78.6 Å². The second-order valence-electron chi connectivity index (χ2n) is 3.73. The summed E-state index contributed by atoms with van der Waals surface area (Å²) in [6, 6.07) is 6.21. The highest BCUT2D eigenvalue weighted by Gasteiger charge is 2.13. The molecule has 1 atom stereocenters. The van der Waals surface area contributed by atoms with Crippen molar-refractivity contribution in [1.29, 1.82) is 0 Å². The van der Waals surface area contributed by atoms with E-state index in [-0.39, 0.29) is 12.4 Å². The van der Waals surface area contributed by atoms with E-state index in [1.165, 1.54) is 7.11 Å². The van der Waals surface area contributed by atoms with E-state index in [9.17, 15) is 9.59 Å². The summed E-state index contributed by atoms with van der Waals surface area (Å²) in [5.74, 6) is -0.734. The van der Waals surface area contributed by atoms with Gasteiger partial charge < -0.3 is 15.2 Å². The molecule has 5 heteroatoms. The zero-order chi connectivity index (χ0) is 13.5. The fraction of sp³-hybridized carbons (Fsp3) is 0.385. The average molecular weight is 251 g/mol. The van der Waals surface area contributed by atoms with Gasteiger partial charge in [-0.05, 0) is 24.6 Å². The number of rotatable bonds is 5. The van der Waals surface area contributed by atoms with Crippen LogP contribution in [0, 0.1) is 0 Å². The molecule has 0 bridgehead atoms. The molecule has 0 spiro atoms. The molecule has 0 aliphatic rings. The Morgan fingerprint density at radius 3 is 2.39 bits per heavy atom. The van der Waals surface area contributed by atoms with Gasteiger partial charge in [0.15, 0.2) is 0 Å². The number of esters is 2. The first-order chi connectivity index (χ1) is 8.58. The van der Waals surface area contributed by atoms with Crippen LogP contribution in [0.15, 0.2) is 24.3 Å². The predicted octanol–water partition coefficient (Wildman–Crippen LogP) is 1.43. The maximum Gasteiger partial charge on any atom is 0.337 e. The van der Waals surface area contributed by atoms with Gasteiger partial charge in [-0.3, -0.25) is 4.79 Å². The van der Waals surface area contributed by atoms with Gasteiger partial charge in [-0.15, -0.1) is 0 Å². The summed E-state index contributed by atoms with van der Waals surface area (Å²) in [7, 11) is 1.32. The van der Waals surface area contributed by atoms with Gasteiger partial charge in [0.05, 0.1) is 25.7 Å². The molecule has 0 fully saturated rings. The molecule has 0 aliphatic carbocycles. The first kappa shape index (κ1) is 14.2. The Labute approximate surface area is 106 Å². The van der Waals surface area contributed by atoms with E-state index in [0.717, 1.165) is 5.56 Å². The fourth-order valence-corrected chi connectivity index (χ4v) is 1.50. The van der Waals surface area contributed by atoms with Crippen molar-refractivity contribution in [2.45, 2.75) is 19.4 Å². The molecule has 0 aliphatic heterocycles. The molecular formula is C13H17NO4. The van der Waals surface area contributed by atoms with E-state index >= 15 is 0 Å². The number of carbonyl (C=O) groups is 2. The first-order valence-corrected chi connectivity index (χ1v) is 5.68. The van der Waals surface area contributed by atoms with Crippen LogP contribution in [0.1, 0.15) is 35.3 Å². The van der Waals surface area contributed by atoms with Crippen LogP contribution < -0.4 is 5.73 Å². The van der Waals surface area contributed by atoms with Crippen molar-refractivity contribution in [3.05, 3.63) is 35.4 Å². The van der Waals surface area contributed by atoms with E-state index in [1.807, 2.05) is 0 Å². The van der Waals surface area contributed by atoms with Crippen molar-refractivity contribution in [3.63, 3.8) is 0 Å². The van der Waals surface area contributed by atoms with Crippen LogP contribution in [0.2, 0.25) is 0 Å². The molecule has 0 unspecified atom stereocenters. The molecule has 0 saturated heterocycles. The second kappa shape index (κ2) is 6.76. The molecule has 0 aromatic heterocycles. The summed E-state index contributed by atoms with van der Waals surface area (Å²) in [6.07, 6.45) is 0.116. The van der Waals surface area contributed by atoms with Gasteiger partial charge in [-0.1, -0.05) is 12.1 Å². The van der Waals surface area contributed by atoms with Crippen LogP contribution >= 0.6 is 0 Å². The first-order valence-electron chi connectivity index (χ1n) is 5.68. The van der Waals surface area contributed by atoms with Crippen molar-refractivity contribution in [2.24, 2.45) is 5.73 Å². The molecule has 1 rings (SSSR count). The van der Waals surface area contributed by atoms with E-state index < -0.39 is 12.0 Å². The van der Waals surface area contributed by atoms with Crippen LogP contribution in [-0.4, -0.2) is 25.7 Å². The summed E-state index contributed by atoms with van der Waals surface area (Å²) >= 11 is 0. The Morgan fingerprint density at radius 1 is 1.28 bits per heavy atom. The lowest BCUT2D eigenvalue weighted by Gasteiger charge is -2.11. The molecular weight excluding hydrogens is 234 g/mol. The Kier molecular flexibility index (Phi) is 5.32. The third-order valence-electron chi connectivity index (χ3n) is 2.45. The van der Waals surface area contributed by atoms with Crippen LogP contribution in [0.4, 0.5) is 0 Å². The Bertz CT molecular complexity index is 414. The maximum absolute atomic E-state index is 11.3. The summed E-state index contributed by atoms with van der Waals surface area (Å²) in [5, 5.41) is 0. The molecule has 0 heterocycles. The van der Waals surface area contributed by atoms with Crippen LogP contribution in [-0.2, 0) is 14.3 Å². The van der Waals surface area contributed by atoms with Crippen molar-refractivity contribution in [2.75, 3.05) is 13.7 Å². The van der Waals surface area contributed by atoms with Crippen molar-refractivity contribution in [1.82, 2.24) is 0 Å². The molecule has 1 aromatic rings. The lowest BCUT2D eigenvalue weighted by atomic mass is 10.0. The highest BCUT2D eigenvalue weighted by molar-refractivity contribution is 5.89. The largest absolute Gasteiger partial charge is 0.466 e. The van der Waals surface area contributed by atoms with E-state index in [0.29, 0.717) is 12.2 Å². The summed E-state index contributed by atoms with van der Waals surface area (Å²) in [4.78, 5) is 22.5. The van der Waals surface area contributed by atoms with Crippen LogP contribution in [0.25, 0.3) is 0 Å². The Balaban J connectivity index is 2.67. The van der Waals surface area contributed by atoms with Gasteiger partial charge in [-0.25, -0.2) is 4.79 Å². The lowest BCUT2D eigenvalue weighted by molar-refractivity contribution is -0.143. The van der Waals surface area contributed by atoms with Gasteiger partial charge in [0.1, 0.15) is 0 Å². The molecule has 5 nitrogen and oxygen atoms in total. The number of benzene rings is 1. The molecule has 0 saturated carbocycles. The number of nitrogens with two attached hydrogens (primary N) is 1. The zero-order valence-electron chi connectivity index (χ0n) is 10.5. The van der Waals surface area contributed by atoms with Crippen LogP contribution in [0.5, 0.6) is 0 Å². The SMILES string of the molecule is CCOC(=O)C[C@H](N)c1ccc(C(=O)OC)cc1. The number of hydrogen-bond acceptors (Lipinski definition) is 5. The normalized spacial score (nSPS) is 11.7. The van der Waals surface area contributed by atoms with Crippen molar-refractivity contribution < 1.29 is 19.1 Å². The van der Waals surface area contributed by atoms with Gasteiger partial charge in [0.2, 0.25) is 0 Å². The Hall–Kier alpha value is -1.88. The third kappa shape index (κ3) is 3.85. The monoisotopic (exact) mass is 251 g/mol. The second-order valence-corrected chi connectivity index (χ2v) is 3.73. The van der Waals surface area contributed by atoms with Crippen molar-refractivity contribution >= 4 is 11.9 Å². The van der Waals surface area contributed by atoms with Gasteiger partial charge >= 0.3 is 11.9 Å². The van der Waals surface area contributed by atoms with Crippen molar-refractivity contribution in [3.8, 4) is 0 Å². The molecule has 18 heavy (non-hydrogen) atoms. The summed E-state index contributed by atoms with van der Waals surface area (Å²) in [5.41, 5.74) is 7.09.